The van der Waals surface area contributed by atoms with E-state index in [1.165, 1.54) is 7.11 Å². The first-order valence-corrected chi connectivity index (χ1v) is 6.57. The number of carbonyl (C=O) groups excluding carboxylic acids is 1. The summed E-state index contributed by atoms with van der Waals surface area (Å²) in [6.07, 6.45) is 0. The van der Waals surface area contributed by atoms with Gasteiger partial charge in [0, 0.05) is 11.3 Å². The number of rotatable bonds is 5. The second-order valence-corrected chi connectivity index (χ2v) is 4.65. The maximum Gasteiger partial charge on any atom is 0.333 e. The van der Waals surface area contributed by atoms with E-state index in [-0.39, 0.29) is 5.97 Å². The van der Waals surface area contributed by atoms with Crippen LogP contribution in [0, 0.1) is 13.8 Å². The van der Waals surface area contributed by atoms with Crippen molar-refractivity contribution in [1.29, 1.82) is 0 Å². The molecule has 6 nitrogen and oxygen atoms in total. The first-order chi connectivity index (χ1) is 10.1. The maximum absolute atomic E-state index is 12.2. The highest BCUT2D eigenvalue weighted by atomic mass is 16.5. The van der Waals surface area contributed by atoms with Crippen molar-refractivity contribution in [1.82, 2.24) is 10.2 Å². The summed E-state index contributed by atoms with van der Waals surface area (Å²) >= 11 is 0. The predicted molar refractivity (Wildman–Crippen MR) is 79.4 cm³/mol. The molecule has 0 aliphatic heterocycles. The van der Waals surface area contributed by atoms with E-state index in [9.17, 15) is 4.79 Å². The summed E-state index contributed by atoms with van der Waals surface area (Å²) in [6.45, 7) is 3.72. The van der Waals surface area contributed by atoms with Crippen LogP contribution in [-0.2, 0) is 9.53 Å². The number of benzene rings is 1. The molecular weight excluding hydrogens is 270 g/mol. The number of esters is 1. The molecule has 1 heterocycles. The lowest BCUT2D eigenvalue weighted by atomic mass is 10.0. The number of ether oxygens (including phenoxy) is 2. The lowest BCUT2D eigenvalue weighted by Gasteiger charge is -2.19. The molecule has 0 aliphatic carbocycles. The van der Waals surface area contributed by atoms with Gasteiger partial charge in [0.1, 0.15) is 5.75 Å². The van der Waals surface area contributed by atoms with Crippen molar-refractivity contribution in [3.05, 3.63) is 41.2 Å². The molecule has 1 atom stereocenters. The van der Waals surface area contributed by atoms with Crippen LogP contribution in [0.1, 0.15) is 23.0 Å². The van der Waals surface area contributed by atoms with E-state index in [1.54, 1.807) is 7.11 Å². The van der Waals surface area contributed by atoms with E-state index in [4.69, 9.17) is 9.47 Å². The minimum Gasteiger partial charge on any atom is -0.495 e. The number of H-pyrrole nitrogens is 1. The van der Waals surface area contributed by atoms with Gasteiger partial charge in [0.25, 0.3) is 0 Å². The van der Waals surface area contributed by atoms with Crippen molar-refractivity contribution in [2.24, 2.45) is 0 Å². The van der Waals surface area contributed by atoms with E-state index in [0.29, 0.717) is 5.75 Å². The molecular formula is C15H19N3O3. The van der Waals surface area contributed by atoms with Gasteiger partial charge in [-0.1, -0.05) is 12.1 Å². The van der Waals surface area contributed by atoms with Crippen LogP contribution < -0.4 is 10.1 Å². The Bertz CT molecular complexity index is 617. The van der Waals surface area contributed by atoms with E-state index in [1.807, 2.05) is 38.1 Å². The Morgan fingerprint density at radius 1 is 1.29 bits per heavy atom. The molecule has 1 aromatic heterocycles. The number of aryl methyl sites for hydroxylation is 2. The number of aromatic amines is 1. The largest absolute Gasteiger partial charge is 0.495 e. The molecule has 0 spiro atoms. The second kappa shape index (κ2) is 6.30. The van der Waals surface area contributed by atoms with E-state index in [0.717, 1.165) is 22.6 Å². The third-order valence-electron chi connectivity index (χ3n) is 3.32. The van der Waals surface area contributed by atoms with Gasteiger partial charge in [-0.15, -0.1) is 0 Å². The Hall–Kier alpha value is -2.50. The quantitative estimate of drug-likeness (QED) is 0.826. The topological polar surface area (TPSA) is 76.2 Å². The minimum absolute atomic E-state index is 0.381. The Morgan fingerprint density at radius 3 is 2.57 bits per heavy atom. The van der Waals surface area contributed by atoms with Gasteiger partial charge in [-0.2, -0.15) is 5.10 Å². The zero-order valence-corrected chi connectivity index (χ0v) is 12.6. The molecule has 2 N–H and O–H groups in total. The number of carbonyl (C=O) groups is 1. The monoisotopic (exact) mass is 289 g/mol. The van der Waals surface area contributed by atoms with Gasteiger partial charge in [-0.25, -0.2) is 4.79 Å². The molecule has 6 heteroatoms. The van der Waals surface area contributed by atoms with Gasteiger partial charge in [-0.3, -0.25) is 5.10 Å². The zero-order valence-electron chi connectivity index (χ0n) is 12.6. The predicted octanol–water partition coefficient (Wildman–Crippen LogP) is 2.36. The molecule has 0 aliphatic rings. The van der Waals surface area contributed by atoms with Crippen LogP contribution in [0.15, 0.2) is 24.3 Å². The molecule has 0 radical (unpaired) electrons. The van der Waals surface area contributed by atoms with E-state index >= 15 is 0 Å². The van der Waals surface area contributed by atoms with Gasteiger partial charge in [0.2, 0.25) is 0 Å². The van der Waals surface area contributed by atoms with Crippen molar-refractivity contribution >= 4 is 11.7 Å². The fraction of sp³-hybridized carbons (Fsp3) is 0.333. The molecule has 0 saturated heterocycles. The summed E-state index contributed by atoms with van der Waals surface area (Å²) in [5, 5.41) is 10.2. The SMILES string of the molecule is COC(=O)C(Nc1ccccc1OC)c1c(C)n[nH]c1C. The summed E-state index contributed by atoms with van der Waals surface area (Å²) in [4.78, 5) is 12.2. The molecule has 0 bridgehead atoms. The summed E-state index contributed by atoms with van der Waals surface area (Å²) < 4.78 is 10.2. The number of anilines is 1. The van der Waals surface area contributed by atoms with Crippen molar-refractivity contribution in [2.75, 3.05) is 19.5 Å². The minimum atomic E-state index is -0.648. The molecule has 0 fully saturated rings. The fourth-order valence-corrected chi connectivity index (χ4v) is 2.27. The van der Waals surface area contributed by atoms with Crippen LogP contribution in [0.5, 0.6) is 5.75 Å². The molecule has 0 saturated carbocycles. The summed E-state index contributed by atoms with van der Waals surface area (Å²) in [5.41, 5.74) is 3.08. The third-order valence-corrected chi connectivity index (χ3v) is 3.32. The van der Waals surface area contributed by atoms with Crippen LogP contribution in [0.4, 0.5) is 5.69 Å². The number of nitrogens with one attached hydrogen (secondary N) is 2. The normalized spacial score (nSPS) is 11.8. The maximum atomic E-state index is 12.2. The van der Waals surface area contributed by atoms with Crippen molar-refractivity contribution < 1.29 is 14.3 Å². The number of para-hydroxylation sites is 2. The van der Waals surface area contributed by atoms with Crippen LogP contribution >= 0.6 is 0 Å². The van der Waals surface area contributed by atoms with Gasteiger partial charge in [0.15, 0.2) is 6.04 Å². The Morgan fingerprint density at radius 2 is 2.00 bits per heavy atom. The lowest BCUT2D eigenvalue weighted by Crippen LogP contribution is -2.23. The lowest BCUT2D eigenvalue weighted by molar-refractivity contribution is -0.141. The Kier molecular flexibility index (Phi) is 4.47. The highest BCUT2D eigenvalue weighted by Gasteiger charge is 2.27. The van der Waals surface area contributed by atoms with Crippen molar-refractivity contribution in [3.63, 3.8) is 0 Å². The van der Waals surface area contributed by atoms with Gasteiger partial charge < -0.3 is 14.8 Å². The molecule has 2 rings (SSSR count). The van der Waals surface area contributed by atoms with Gasteiger partial charge in [0.05, 0.1) is 25.6 Å². The van der Waals surface area contributed by atoms with Crippen LogP contribution in [0.25, 0.3) is 0 Å². The highest BCUT2D eigenvalue weighted by molar-refractivity contribution is 5.82. The summed E-state index contributed by atoms with van der Waals surface area (Å²) in [6, 6.07) is 6.76. The smallest absolute Gasteiger partial charge is 0.333 e. The highest BCUT2D eigenvalue weighted by Crippen LogP contribution is 2.30. The van der Waals surface area contributed by atoms with Crippen molar-refractivity contribution in [2.45, 2.75) is 19.9 Å². The number of methoxy groups -OCH3 is 2. The molecule has 1 aromatic carbocycles. The summed E-state index contributed by atoms with van der Waals surface area (Å²) in [5.74, 6) is 0.277. The number of hydrogen-bond acceptors (Lipinski definition) is 5. The Labute approximate surface area is 123 Å². The molecule has 21 heavy (non-hydrogen) atoms. The van der Waals surface area contributed by atoms with Crippen LogP contribution in [-0.4, -0.2) is 30.4 Å². The second-order valence-electron chi connectivity index (χ2n) is 4.65. The molecule has 2 aromatic rings. The van der Waals surface area contributed by atoms with Gasteiger partial charge >= 0.3 is 5.97 Å². The first kappa shape index (κ1) is 14.9. The zero-order chi connectivity index (χ0) is 15.4. The molecule has 112 valence electrons. The van der Waals surface area contributed by atoms with Crippen LogP contribution in [0.2, 0.25) is 0 Å². The number of nitrogens with zero attached hydrogens (tertiary/aromatic N) is 1. The van der Waals surface area contributed by atoms with Crippen molar-refractivity contribution in [3.8, 4) is 5.75 Å². The average molecular weight is 289 g/mol. The average Bonchev–Trinajstić information content (AvgIpc) is 2.83. The number of aromatic nitrogens is 2. The fourth-order valence-electron chi connectivity index (χ4n) is 2.27. The van der Waals surface area contributed by atoms with Gasteiger partial charge in [-0.05, 0) is 26.0 Å². The van der Waals surface area contributed by atoms with E-state index < -0.39 is 6.04 Å². The summed E-state index contributed by atoms with van der Waals surface area (Å²) in [7, 11) is 2.95. The molecule has 1 unspecified atom stereocenters. The van der Waals surface area contributed by atoms with Crippen LogP contribution in [0.3, 0.4) is 0 Å². The standard InChI is InChI=1S/C15H19N3O3/c1-9-13(10(2)18-17-9)14(15(19)21-4)16-11-7-5-6-8-12(11)20-3/h5-8,14,16H,1-4H3,(H,17,18). The van der Waals surface area contributed by atoms with E-state index in [2.05, 4.69) is 15.5 Å². The Balaban J connectivity index is 2.41. The third kappa shape index (κ3) is 2.99. The number of hydrogen-bond donors (Lipinski definition) is 2. The first-order valence-electron chi connectivity index (χ1n) is 6.57. The molecule has 0 amide bonds.